The highest BCUT2D eigenvalue weighted by Gasteiger charge is 2.15. The van der Waals surface area contributed by atoms with Crippen LogP contribution in [0.5, 0.6) is 0 Å². The standard InChI is InChI=1S/C11H16INO.ClH/c1-2-3-10(14)11(13)8-4-6-9(12)7-5-8;/h4-7,10-11,14H,2-3,13H2,1H3;1H/t10-,11+;/m1./s1. The summed E-state index contributed by atoms with van der Waals surface area (Å²) >= 11 is 2.25. The van der Waals surface area contributed by atoms with Crippen molar-refractivity contribution in [2.75, 3.05) is 0 Å². The maximum absolute atomic E-state index is 9.71. The van der Waals surface area contributed by atoms with Gasteiger partial charge in [-0.25, -0.2) is 0 Å². The predicted molar refractivity (Wildman–Crippen MR) is 74.3 cm³/mol. The molecule has 0 radical (unpaired) electrons. The highest BCUT2D eigenvalue weighted by molar-refractivity contribution is 14.1. The number of benzene rings is 1. The molecule has 0 fully saturated rings. The molecule has 0 heterocycles. The Hall–Kier alpha value is 0.160. The highest BCUT2D eigenvalue weighted by Crippen LogP contribution is 2.18. The Morgan fingerprint density at radius 1 is 1.33 bits per heavy atom. The molecule has 1 aromatic rings. The third-order valence-corrected chi connectivity index (χ3v) is 2.97. The summed E-state index contributed by atoms with van der Waals surface area (Å²) in [6, 6.07) is 7.71. The third kappa shape index (κ3) is 4.68. The lowest BCUT2D eigenvalue weighted by molar-refractivity contribution is 0.134. The van der Waals surface area contributed by atoms with Crippen molar-refractivity contribution in [1.29, 1.82) is 0 Å². The zero-order valence-electron chi connectivity index (χ0n) is 8.69. The average Bonchev–Trinajstić information content (AvgIpc) is 2.18. The number of aliphatic hydroxyl groups is 1. The molecule has 0 aliphatic rings. The summed E-state index contributed by atoms with van der Waals surface area (Å²) in [6.45, 7) is 2.05. The minimum atomic E-state index is -0.430. The van der Waals surface area contributed by atoms with Crippen molar-refractivity contribution in [3.05, 3.63) is 33.4 Å². The van der Waals surface area contributed by atoms with Crippen molar-refractivity contribution in [3.63, 3.8) is 0 Å². The van der Waals surface area contributed by atoms with E-state index in [1.165, 1.54) is 3.57 Å². The van der Waals surface area contributed by atoms with Gasteiger partial charge in [-0.05, 0) is 46.7 Å². The Balaban J connectivity index is 0.00000196. The van der Waals surface area contributed by atoms with E-state index in [1.54, 1.807) is 0 Å². The molecule has 0 spiro atoms. The number of rotatable bonds is 4. The molecule has 0 saturated carbocycles. The Morgan fingerprint density at radius 2 is 1.87 bits per heavy atom. The second-order valence-electron chi connectivity index (χ2n) is 3.43. The lowest BCUT2D eigenvalue weighted by atomic mass is 9.99. The topological polar surface area (TPSA) is 46.2 Å². The first kappa shape index (κ1) is 15.2. The summed E-state index contributed by atoms with van der Waals surface area (Å²) < 4.78 is 1.18. The van der Waals surface area contributed by atoms with E-state index in [0.29, 0.717) is 0 Å². The van der Waals surface area contributed by atoms with Gasteiger partial charge in [-0.1, -0.05) is 25.5 Å². The van der Waals surface area contributed by atoms with Crippen LogP contribution in [-0.4, -0.2) is 11.2 Å². The number of hydrogen-bond donors (Lipinski definition) is 2. The molecule has 2 atom stereocenters. The molecule has 1 rings (SSSR count). The molecule has 86 valence electrons. The van der Waals surface area contributed by atoms with Crippen LogP contribution in [0.3, 0.4) is 0 Å². The van der Waals surface area contributed by atoms with Gasteiger partial charge in [-0.2, -0.15) is 0 Å². The molecule has 0 aromatic heterocycles. The van der Waals surface area contributed by atoms with Crippen LogP contribution < -0.4 is 5.73 Å². The fourth-order valence-electron chi connectivity index (χ4n) is 1.38. The van der Waals surface area contributed by atoms with E-state index in [1.807, 2.05) is 31.2 Å². The quantitative estimate of drug-likeness (QED) is 0.827. The van der Waals surface area contributed by atoms with Crippen LogP contribution in [-0.2, 0) is 0 Å². The molecule has 2 nitrogen and oxygen atoms in total. The summed E-state index contributed by atoms with van der Waals surface area (Å²) in [4.78, 5) is 0. The molecule has 0 saturated heterocycles. The Kier molecular flexibility index (Phi) is 7.52. The molecule has 0 bridgehead atoms. The number of nitrogens with two attached hydrogens (primary N) is 1. The van der Waals surface area contributed by atoms with E-state index in [4.69, 9.17) is 5.73 Å². The molecule has 15 heavy (non-hydrogen) atoms. The van der Waals surface area contributed by atoms with Gasteiger partial charge < -0.3 is 10.8 Å². The lowest BCUT2D eigenvalue weighted by Gasteiger charge is -2.18. The molecular weight excluding hydrogens is 324 g/mol. The molecular formula is C11H17ClINO. The fourth-order valence-corrected chi connectivity index (χ4v) is 1.74. The summed E-state index contributed by atoms with van der Waals surface area (Å²) in [6.07, 6.45) is 1.28. The van der Waals surface area contributed by atoms with Crippen LogP contribution in [0.1, 0.15) is 31.4 Å². The van der Waals surface area contributed by atoms with Crippen LogP contribution >= 0.6 is 35.0 Å². The van der Waals surface area contributed by atoms with E-state index >= 15 is 0 Å². The summed E-state index contributed by atoms with van der Waals surface area (Å²) in [5, 5.41) is 9.71. The molecule has 1 aromatic carbocycles. The molecule has 0 aliphatic carbocycles. The second kappa shape index (κ2) is 7.44. The van der Waals surface area contributed by atoms with E-state index < -0.39 is 6.10 Å². The van der Waals surface area contributed by atoms with Gasteiger partial charge in [0, 0.05) is 3.57 Å². The zero-order valence-corrected chi connectivity index (χ0v) is 11.7. The molecule has 0 aliphatic heterocycles. The van der Waals surface area contributed by atoms with Crippen LogP contribution in [0.15, 0.2) is 24.3 Å². The van der Waals surface area contributed by atoms with Crippen LogP contribution in [0.25, 0.3) is 0 Å². The first-order valence-electron chi connectivity index (χ1n) is 4.84. The van der Waals surface area contributed by atoms with Crippen molar-refractivity contribution in [3.8, 4) is 0 Å². The van der Waals surface area contributed by atoms with E-state index in [2.05, 4.69) is 22.6 Å². The largest absolute Gasteiger partial charge is 0.391 e. The zero-order chi connectivity index (χ0) is 10.6. The second-order valence-corrected chi connectivity index (χ2v) is 4.68. The summed E-state index contributed by atoms with van der Waals surface area (Å²) in [5.74, 6) is 0. The fraction of sp³-hybridized carbons (Fsp3) is 0.455. The van der Waals surface area contributed by atoms with Crippen molar-refractivity contribution >= 4 is 35.0 Å². The normalized spacial score (nSPS) is 14.1. The van der Waals surface area contributed by atoms with Gasteiger partial charge in [0.25, 0.3) is 0 Å². The first-order valence-corrected chi connectivity index (χ1v) is 5.92. The van der Waals surface area contributed by atoms with E-state index in [9.17, 15) is 5.11 Å². The van der Waals surface area contributed by atoms with Crippen molar-refractivity contribution in [2.45, 2.75) is 31.9 Å². The van der Waals surface area contributed by atoms with Gasteiger partial charge in [0.15, 0.2) is 0 Å². The Labute approximate surface area is 111 Å². The minimum absolute atomic E-state index is 0. The first-order chi connectivity index (χ1) is 6.65. The maximum atomic E-state index is 9.71. The monoisotopic (exact) mass is 341 g/mol. The van der Waals surface area contributed by atoms with Crippen molar-refractivity contribution in [1.82, 2.24) is 0 Å². The molecule has 4 heteroatoms. The lowest BCUT2D eigenvalue weighted by Crippen LogP contribution is -2.25. The number of hydrogen-bond acceptors (Lipinski definition) is 2. The van der Waals surface area contributed by atoms with Crippen LogP contribution in [0.4, 0.5) is 0 Å². The van der Waals surface area contributed by atoms with Gasteiger partial charge in [0.1, 0.15) is 0 Å². The number of aliphatic hydroxyl groups excluding tert-OH is 1. The smallest absolute Gasteiger partial charge is 0.0732 e. The Bertz CT molecular complexity index is 278. The van der Waals surface area contributed by atoms with Gasteiger partial charge in [0.05, 0.1) is 12.1 Å². The maximum Gasteiger partial charge on any atom is 0.0732 e. The third-order valence-electron chi connectivity index (χ3n) is 2.25. The summed E-state index contributed by atoms with van der Waals surface area (Å²) in [5.41, 5.74) is 6.93. The van der Waals surface area contributed by atoms with Gasteiger partial charge in [0.2, 0.25) is 0 Å². The van der Waals surface area contributed by atoms with Gasteiger partial charge in [-0.3, -0.25) is 0 Å². The SMILES string of the molecule is CCC[C@@H](O)[C@@H](N)c1ccc(I)cc1.Cl. The molecule has 0 unspecified atom stereocenters. The molecule has 0 amide bonds. The number of halogens is 2. The highest BCUT2D eigenvalue weighted by atomic mass is 127. The van der Waals surface area contributed by atoms with Gasteiger partial charge >= 0.3 is 0 Å². The van der Waals surface area contributed by atoms with E-state index in [0.717, 1.165) is 18.4 Å². The predicted octanol–water partition coefficient (Wildman–Crippen LogP) is 2.87. The van der Waals surface area contributed by atoms with Crippen molar-refractivity contribution in [2.24, 2.45) is 5.73 Å². The van der Waals surface area contributed by atoms with E-state index in [-0.39, 0.29) is 18.4 Å². The summed E-state index contributed by atoms with van der Waals surface area (Å²) in [7, 11) is 0. The average molecular weight is 342 g/mol. The van der Waals surface area contributed by atoms with Gasteiger partial charge in [-0.15, -0.1) is 12.4 Å². The van der Waals surface area contributed by atoms with Crippen LogP contribution in [0.2, 0.25) is 0 Å². The molecule has 3 N–H and O–H groups in total. The van der Waals surface area contributed by atoms with Crippen molar-refractivity contribution < 1.29 is 5.11 Å². The minimum Gasteiger partial charge on any atom is -0.391 e. The Morgan fingerprint density at radius 3 is 2.33 bits per heavy atom. The van der Waals surface area contributed by atoms with Crippen LogP contribution in [0, 0.1) is 3.57 Å².